The van der Waals surface area contributed by atoms with E-state index in [1.807, 2.05) is 43.0 Å². The van der Waals surface area contributed by atoms with E-state index in [2.05, 4.69) is 5.32 Å². The van der Waals surface area contributed by atoms with Crippen LogP contribution in [0.15, 0.2) is 24.3 Å². The summed E-state index contributed by atoms with van der Waals surface area (Å²) in [6.45, 7) is 6.41. The number of ether oxygens (including phenoxy) is 1. The lowest BCUT2D eigenvalue weighted by molar-refractivity contribution is -0.119. The minimum Gasteiger partial charge on any atom is -0.372 e. The monoisotopic (exact) mass is 345 g/mol. The summed E-state index contributed by atoms with van der Waals surface area (Å²) in [5.74, 6) is 0.184. The van der Waals surface area contributed by atoms with Crippen LogP contribution in [0.4, 0.5) is 10.5 Å². The van der Waals surface area contributed by atoms with E-state index < -0.39 is 0 Å². The van der Waals surface area contributed by atoms with Gasteiger partial charge in [-0.25, -0.2) is 4.79 Å². The van der Waals surface area contributed by atoms with Crippen LogP contribution in [0.2, 0.25) is 0 Å². The molecular formula is C19H27N3O3. The molecule has 3 rings (SSSR count). The van der Waals surface area contributed by atoms with Crippen molar-refractivity contribution in [2.24, 2.45) is 0 Å². The summed E-state index contributed by atoms with van der Waals surface area (Å²) >= 11 is 0. The molecule has 2 aliphatic rings. The van der Waals surface area contributed by atoms with Crippen LogP contribution in [0.3, 0.4) is 0 Å². The smallest absolute Gasteiger partial charge is 0.317 e. The Labute approximate surface area is 149 Å². The van der Waals surface area contributed by atoms with Crippen molar-refractivity contribution in [3.05, 3.63) is 29.8 Å². The Morgan fingerprint density at radius 1 is 1.24 bits per heavy atom. The molecule has 3 amide bonds. The lowest BCUT2D eigenvalue weighted by Crippen LogP contribution is -2.51. The Bertz CT molecular complexity index is 624. The average Bonchev–Trinajstić information content (AvgIpc) is 2.59. The zero-order valence-corrected chi connectivity index (χ0v) is 15.0. The maximum Gasteiger partial charge on any atom is 0.317 e. The molecular weight excluding hydrogens is 318 g/mol. The van der Waals surface area contributed by atoms with Gasteiger partial charge in [0.05, 0.1) is 12.2 Å². The van der Waals surface area contributed by atoms with Crippen LogP contribution in [-0.4, -0.2) is 48.7 Å². The van der Waals surface area contributed by atoms with Crippen molar-refractivity contribution in [2.75, 3.05) is 24.5 Å². The predicted molar refractivity (Wildman–Crippen MR) is 96.5 cm³/mol. The van der Waals surface area contributed by atoms with Gasteiger partial charge in [0.15, 0.2) is 0 Å². The Morgan fingerprint density at radius 3 is 2.72 bits per heavy atom. The molecule has 1 aromatic carbocycles. The van der Waals surface area contributed by atoms with E-state index in [4.69, 9.17) is 4.74 Å². The van der Waals surface area contributed by atoms with Crippen LogP contribution >= 0.6 is 0 Å². The molecule has 0 spiro atoms. The van der Waals surface area contributed by atoms with Gasteiger partial charge in [-0.3, -0.25) is 4.79 Å². The minimum absolute atomic E-state index is 0.0583. The molecule has 2 atom stereocenters. The molecule has 0 aliphatic carbocycles. The molecule has 2 saturated heterocycles. The second-order valence-electron chi connectivity index (χ2n) is 6.99. The van der Waals surface area contributed by atoms with E-state index in [0.717, 1.165) is 30.6 Å². The van der Waals surface area contributed by atoms with Gasteiger partial charge < -0.3 is 19.9 Å². The number of rotatable bonds is 3. The van der Waals surface area contributed by atoms with Crippen LogP contribution in [0.1, 0.15) is 38.7 Å². The van der Waals surface area contributed by atoms with Gasteiger partial charge in [0, 0.05) is 38.3 Å². The van der Waals surface area contributed by atoms with Crippen molar-refractivity contribution in [3.8, 4) is 0 Å². The molecule has 0 aromatic heterocycles. The van der Waals surface area contributed by atoms with Crippen molar-refractivity contribution in [1.29, 1.82) is 0 Å². The third kappa shape index (κ3) is 4.51. The molecule has 6 nitrogen and oxygen atoms in total. The largest absolute Gasteiger partial charge is 0.372 e. The fourth-order valence-electron chi connectivity index (χ4n) is 3.55. The maximum absolute atomic E-state index is 12.4. The predicted octanol–water partition coefficient (Wildman–Crippen LogP) is 2.52. The molecule has 0 unspecified atom stereocenters. The van der Waals surface area contributed by atoms with E-state index in [0.29, 0.717) is 26.1 Å². The zero-order valence-electron chi connectivity index (χ0n) is 15.0. The van der Waals surface area contributed by atoms with Gasteiger partial charge in [0.2, 0.25) is 5.91 Å². The Morgan fingerprint density at radius 2 is 2.00 bits per heavy atom. The van der Waals surface area contributed by atoms with Crippen molar-refractivity contribution in [1.82, 2.24) is 10.2 Å². The number of morpholine rings is 1. The van der Waals surface area contributed by atoms with Crippen molar-refractivity contribution in [3.63, 3.8) is 0 Å². The highest BCUT2D eigenvalue weighted by Crippen LogP contribution is 2.22. The fraction of sp³-hybridized carbons (Fsp3) is 0.579. The van der Waals surface area contributed by atoms with E-state index in [1.165, 1.54) is 0 Å². The number of piperidine rings is 1. The van der Waals surface area contributed by atoms with Gasteiger partial charge >= 0.3 is 6.03 Å². The molecule has 0 saturated carbocycles. The van der Waals surface area contributed by atoms with E-state index in [9.17, 15) is 9.59 Å². The maximum atomic E-state index is 12.4. The third-order valence-electron chi connectivity index (χ3n) is 4.70. The van der Waals surface area contributed by atoms with E-state index in [-0.39, 0.29) is 24.1 Å². The highest BCUT2D eigenvalue weighted by atomic mass is 16.5. The summed E-state index contributed by atoms with van der Waals surface area (Å²) in [5.41, 5.74) is 1.92. The standard InChI is InChI=1S/C19H27N3O3/c1-14-12-21(13-15(2)25-14)19(24)20-11-16-6-5-7-17(10-16)22-9-4-3-8-18(22)23/h5-7,10,14-15H,3-4,8-9,11-13H2,1-2H3,(H,20,24)/t14-,15-/m0/s1. The first-order valence-electron chi connectivity index (χ1n) is 9.10. The number of nitrogens with zero attached hydrogens (tertiary/aromatic N) is 2. The van der Waals surface area contributed by atoms with Crippen LogP contribution < -0.4 is 10.2 Å². The molecule has 25 heavy (non-hydrogen) atoms. The van der Waals surface area contributed by atoms with Crippen molar-refractivity contribution in [2.45, 2.75) is 51.9 Å². The Hall–Kier alpha value is -2.08. The van der Waals surface area contributed by atoms with Crippen molar-refractivity contribution >= 4 is 17.6 Å². The molecule has 2 heterocycles. The van der Waals surface area contributed by atoms with Gasteiger partial charge in [-0.15, -0.1) is 0 Å². The topological polar surface area (TPSA) is 61.9 Å². The van der Waals surface area contributed by atoms with Crippen LogP contribution in [0.25, 0.3) is 0 Å². The number of anilines is 1. The summed E-state index contributed by atoms with van der Waals surface area (Å²) in [7, 11) is 0. The number of carbonyl (C=O) groups excluding carboxylic acids is 2. The second kappa shape index (κ2) is 7.87. The number of hydrogen-bond donors (Lipinski definition) is 1. The van der Waals surface area contributed by atoms with Crippen LogP contribution in [0.5, 0.6) is 0 Å². The molecule has 2 fully saturated rings. The lowest BCUT2D eigenvalue weighted by atomic mass is 10.1. The van der Waals surface area contributed by atoms with Gasteiger partial charge in [0.1, 0.15) is 0 Å². The SMILES string of the molecule is C[C@H]1CN(C(=O)NCc2cccc(N3CCCCC3=O)c2)C[C@H](C)O1. The van der Waals surface area contributed by atoms with E-state index in [1.54, 1.807) is 4.90 Å². The summed E-state index contributed by atoms with van der Waals surface area (Å²) in [6.07, 6.45) is 2.75. The number of carbonyl (C=O) groups is 2. The van der Waals surface area contributed by atoms with Gasteiger partial charge in [0.25, 0.3) is 0 Å². The molecule has 0 bridgehead atoms. The minimum atomic E-state index is -0.0681. The first-order chi connectivity index (χ1) is 12.0. The summed E-state index contributed by atoms with van der Waals surface area (Å²) in [5, 5.41) is 2.98. The van der Waals surface area contributed by atoms with E-state index >= 15 is 0 Å². The Balaban J connectivity index is 1.59. The molecule has 1 aromatic rings. The number of nitrogens with one attached hydrogen (secondary N) is 1. The highest BCUT2D eigenvalue weighted by molar-refractivity contribution is 5.94. The quantitative estimate of drug-likeness (QED) is 0.916. The van der Waals surface area contributed by atoms with Gasteiger partial charge in [-0.2, -0.15) is 0 Å². The molecule has 0 radical (unpaired) electrons. The number of amides is 3. The zero-order chi connectivity index (χ0) is 17.8. The number of hydrogen-bond acceptors (Lipinski definition) is 3. The van der Waals surface area contributed by atoms with Gasteiger partial charge in [-0.05, 0) is 44.4 Å². The normalized spacial score (nSPS) is 24.3. The van der Waals surface area contributed by atoms with Crippen molar-refractivity contribution < 1.29 is 14.3 Å². The fourth-order valence-corrected chi connectivity index (χ4v) is 3.55. The first kappa shape index (κ1) is 17.7. The van der Waals surface area contributed by atoms with Gasteiger partial charge in [-0.1, -0.05) is 12.1 Å². The highest BCUT2D eigenvalue weighted by Gasteiger charge is 2.25. The molecule has 2 aliphatic heterocycles. The van der Waals surface area contributed by atoms with Crippen LogP contribution in [-0.2, 0) is 16.1 Å². The number of benzene rings is 1. The second-order valence-corrected chi connectivity index (χ2v) is 6.99. The average molecular weight is 345 g/mol. The molecule has 136 valence electrons. The van der Waals surface area contributed by atoms with Crippen LogP contribution in [0, 0.1) is 0 Å². The third-order valence-corrected chi connectivity index (χ3v) is 4.70. The summed E-state index contributed by atoms with van der Waals surface area (Å²) in [6, 6.07) is 7.80. The lowest BCUT2D eigenvalue weighted by Gasteiger charge is -2.35. The summed E-state index contributed by atoms with van der Waals surface area (Å²) < 4.78 is 5.66. The Kier molecular flexibility index (Phi) is 5.58. The molecule has 1 N–H and O–H groups in total. The first-order valence-corrected chi connectivity index (χ1v) is 9.10. The molecule has 6 heteroatoms. The summed E-state index contributed by atoms with van der Waals surface area (Å²) in [4.78, 5) is 28.1. The number of urea groups is 1.